The van der Waals surface area contributed by atoms with Crippen molar-refractivity contribution >= 4 is 115 Å². The summed E-state index contributed by atoms with van der Waals surface area (Å²) < 4.78 is 55.2. The second kappa shape index (κ2) is 41.5. The third-order valence-corrected chi connectivity index (χ3v) is 29.4. The topological polar surface area (TPSA) is 409 Å². The van der Waals surface area contributed by atoms with Crippen molar-refractivity contribution < 1.29 is 23.4 Å². The van der Waals surface area contributed by atoms with Crippen molar-refractivity contribution in [1.82, 2.24) is 133 Å². The maximum Gasteiger partial charge on any atom is 0.225 e. The van der Waals surface area contributed by atoms with Gasteiger partial charge in [-0.3, -0.25) is 14.0 Å². The summed E-state index contributed by atoms with van der Waals surface area (Å²) in [6, 6.07) is 30.3. The molecule has 0 bridgehead atoms. The fourth-order valence-electron chi connectivity index (χ4n) is 18.9. The van der Waals surface area contributed by atoms with E-state index in [2.05, 4.69) is 164 Å². The van der Waals surface area contributed by atoms with Crippen molar-refractivity contribution in [3.05, 3.63) is 334 Å². The van der Waals surface area contributed by atoms with Gasteiger partial charge in [-0.05, 0) is 119 Å². The first-order chi connectivity index (χ1) is 72.3. The average Bonchev–Trinajstić information content (AvgIpc) is 1.39. The van der Waals surface area contributed by atoms with Gasteiger partial charge in [-0.15, -0.1) is 11.3 Å². The van der Waals surface area contributed by atoms with Gasteiger partial charge in [-0.1, -0.05) is 71.2 Å². The van der Waals surface area contributed by atoms with Crippen LogP contribution >= 0.6 is 46.1 Å². The predicted octanol–water partition coefficient (Wildman–Crippen LogP) is 13.4. The first kappa shape index (κ1) is 99.8. The summed E-state index contributed by atoms with van der Waals surface area (Å²) in [6.07, 6.45) is 41.0. The molecular formula is C104H103Cl3F3N37O2S. The zero-order valence-corrected chi connectivity index (χ0v) is 85.9. The molecule has 20 heterocycles. The molecule has 46 heteroatoms. The highest BCUT2D eigenvalue weighted by molar-refractivity contribution is 7.15. The van der Waals surface area contributed by atoms with E-state index in [9.17, 15) is 23.4 Å². The molecule has 16 aromatic heterocycles. The lowest BCUT2D eigenvalue weighted by Gasteiger charge is -2.35. The Balaban J connectivity index is 0.000000117. The molecule has 0 unspecified atom stereocenters. The monoisotopic (exact) mass is 2100 g/mol. The molecule has 39 nitrogen and oxygen atoms in total. The van der Waals surface area contributed by atoms with E-state index in [0.29, 0.717) is 77.8 Å². The van der Waals surface area contributed by atoms with E-state index in [1.165, 1.54) is 24.3 Å². The third-order valence-electron chi connectivity index (χ3n) is 27.7. The van der Waals surface area contributed by atoms with Crippen molar-refractivity contribution in [2.24, 2.45) is 32.6 Å². The highest BCUT2D eigenvalue weighted by Gasteiger charge is 2.36. The van der Waals surface area contributed by atoms with Crippen LogP contribution in [-0.2, 0) is 43.4 Å². The van der Waals surface area contributed by atoms with E-state index in [4.69, 9.17) is 46.3 Å². The number of halogens is 6. The summed E-state index contributed by atoms with van der Waals surface area (Å²) in [5.41, 5.74) is 23.8. The number of fused-ring (bicyclic) bond motifs is 4. The number of aliphatic hydroxyl groups is 2. The van der Waals surface area contributed by atoms with Gasteiger partial charge < -0.3 is 60.9 Å². The number of piperazine rings is 4. The van der Waals surface area contributed by atoms with Gasteiger partial charge in [-0.25, -0.2) is 96.0 Å². The molecule has 4 aliphatic heterocycles. The number of nitrogens with two attached hydrogens (primary N) is 2. The number of hydrogen-bond acceptors (Lipinski definition) is 33. The maximum absolute atomic E-state index is 14.5. The van der Waals surface area contributed by atoms with Crippen LogP contribution in [-0.4, -0.2) is 248 Å². The molecule has 150 heavy (non-hydrogen) atoms. The lowest BCUT2D eigenvalue weighted by Crippen LogP contribution is -2.47. The van der Waals surface area contributed by atoms with Crippen LogP contribution in [0.2, 0.25) is 15.1 Å². The normalized spacial score (nSPS) is 15.7. The molecule has 4 saturated heterocycles. The standard InChI is InChI=1S/2C26H26ClFN10.C26H26ClN9O.C26H25FN8OS/c2*1-26(29,21-4-3-20(27)10-22(21)28)19-12-30-25(31-13-19)37-7-5-36(6-8-37)24-23-9-17(15-38(23)34-16-32-24)18-11-33-35(2)14-18;1-26(37,20-3-5-22(27)6-4-20)21-13-28-25(29-14-21)35-9-7-34(8-10-35)24-23-11-18(16-36(23)32-17-30-24)19-12-31-33(2)15-19;1-17-28-14-23(37-17)18-11-22-24(31-16-32-35(22)15-18)33-7-9-34(10-8-33)25-29-12-20(13-30-25)26(2,36)19-3-5-21(27)6-4-19/h2*3-4,9-16H,5-8,29H2,1-2H3;3-6,11-17,37H,7-10H2,1-2H3;3-6,11-16,36H,7-10H2,1-2H3/t4*26-/m1001/s1. The van der Waals surface area contributed by atoms with Gasteiger partial charge in [0, 0.05) is 312 Å². The minimum Gasteiger partial charge on any atom is -0.381 e. The predicted molar refractivity (Wildman–Crippen MR) is 570 cm³/mol. The molecule has 4 aliphatic rings. The Kier molecular flexibility index (Phi) is 27.6. The molecule has 0 aliphatic carbocycles. The maximum atomic E-state index is 14.5. The lowest BCUT2D eigenvalue weighted by atomic mass is 9.87. The number of anilines is 8. The van der Waals surface area contributed by atoms with Gasteiger partial charge >= 0.3 is 0 Å². The molecule has 4 atom stereocenters. The number of hydrogen-bond donors (Lipinski definition) is 4. The highest BCUT2D eigenvalue weighted by Crippen LogP contribution is 2.40. The van der Waals surface area contributed by atoms with Crippen LogP contribution in [0.4, 0.5) is 60.2 Å². The zero-order valence-electron chi connectivity index (χ0n) is 82.9. The molecule has 20 aromatic rings. The van der Waals surface area contributed by atoms with Crippen LogP contribution in [0.5, 0.6) is 0 Å². The molecule has 0 radical (unpaired) electrons. The Labute approximate surface area is 877 Å². The first-order valence-corrected chi connectivity index (χ1v) is 50.3. The highest BCUT2D eigenvalue weighted by atomic mass is 35.5. The Hall–Kier alpha value is -16.2. The minimum absolute atomic E-state index is 0.321. The van der Waals surface area contributed by atoms with Gasteiger partial charge in [0.1, 0.15) is 76.0 Å². The molecule has 0 saturated carbocycles. The van der Waals surface area contributed by atoms with Gasteiger partial charge in [0.25, 0.3) is 0 Å². The number of benzene rings is 4. The minimum atomic E-state index is -1.32. The Morgan fingerprint density at radius 1 is 0.293 bits per heavy atom. The molecule has 0 amide bonds. The Bertz CT molecular complexity index is 7720. The van der Waals surface area contributed by atoms with E-state index in [1.807, 2.05) is 126 Å². The molecule has 24 rings (SSSR count). The number of rotatable bonds is 20. The van der Waals surface area contributed by atoms with Crippen molar-refractivity contribution in [2.75, 3.05) is 144 Å². The molecule has 4 fully saturated rings. The quantitative estimate of drug-likeness (QED) is 0.0550. The molecular weight excluding hydrogens is 1990 g/mol. The fourth-order valence-corrected chi connectivity index (χ4v) is 20.1. The number of thiazole rings is 1. The summed E-state index contributed by atoms with van der Waals surface area (Å²) >= 11 is 19.5. The fraction of sp³-hybridized carbons (Fsp3) is 0.269. The van der Waals surface area contributed by atoms with Crippen molar-refractivity contribution in [3.63, 3.8) is 0 Å². The van der Waals surface area contributed by atoms with Crippen molar-refractivity contribution in [1.29, 1.82) is 0 Å². The smallest absolute Gasteiger partial charge is 0.225 e. The van der Waals surface area contributed by atoms with Crippen LogP contribution in [0, 0.1) is 24.4 Å². The van der Waals surface area contributed by atoms with E-state index in [1.54, 1.807) is 176 Å². The van der Waals surface area contributed by atoms with Crippen LogP contribution in [0.25, 0.3) is 65.9 Å². The van der Waals surface area contributed by atoms with Gasteiger partial charge in [0.2, 0.25) is 23.8 Å². The van der Waals surface area contributed by atoms with Gasteiger partial charge in [0.05, 0.1) is 39.6 Å². The van der Waals surface area contributed by atoms with Crippen LogP contribution < -0.4 is 50.7 Å². The summed E-state index contributed by atoms with van der Waals surface area (Å²) in [7, 11) is 5.70. The van der Waals surface area contributed by atoms with E-state index < -0.39 is 33.9 Å². The zero-order chi connectivity index (χ0) is 104. The molecule has 0 spiro atoms. The van der Waals surface area contributed by atoms with Gasteiger partial charge in [-0.2, -0.15) is 35.7 Å². The third kappa shape index (κ3) is 20.7. The second-order valence-corrected chi connectivity index (χ2v) is 40.4. The largest absolute Gasteiger partial charge is 0.381 e. The molecule has 4 aromatic carbocycles. The first-order valence-electron chi connectivity index (χ1n) is 48.3. The summed E-state index contributed by atoms with van der Waals surface area (Å²) in [5.74, 6) is 4.76. The Morgan fingerprint density at radius 3 is 0.847 bits per heavy atom. The van der Waals surface area contributed by atoms with Crippen molar-refractivity contribution in [2.45, 2.75) is 56.9 Å². The molecule has 764 valence electrons. The SMILES string of the molecule is Cc1ncc(-c2cc3c(N4CCN(c5ncc([C@](C)(O)c6ccc(F)cc6)cn5)CC4)ncnn3c2)s1.Cn1cc(-c2cc3c(N4CCN(c5ncc([C@@](C)(N)c6ccc(Cl)cc6F)cn5)CC4)ncnn3c2)cn1.Cn1cc(-c2cc3c(N4CCN(c5ncc([C@@](C)(O)c6ccc(Cl)cc6)cn5)CC4)ncnn3c2)cn1.Cn1cc(-c2cc3c(N4CCN(c5ncc([C@](C)(N)c6ccc(Cl)cc6F)cn5)CC4)ncnn3c2)cn1. The summed E-state index contributed by atoms with van der Waals surface area (Å²) in [6.45, 7) is 20.7. The van der Waals surface area contributed by atoms with Crippen molar-refractivity contribution in [3.8, 4) is 43.8 Å². The van der Waals surface area contributed by atoms with E-state index in [-0.39, 0.29) is 5.82 Å². The number of nitrogens with zero attached hydrogens (tertiary/aromatic N) is 35. The number of aryl methyl sites for hydroxylation is 4. The van der Waals surface area contributed by atoms with Gasteiger partial charge in [0.15, 0.2) is 23.3 Å². The molecule has 6 N–H and O–H groups in total. The van der Waals surface area contributed by atoms with E-state index >= 15 is 0 Å². The summed E-state index contributed by atoms with van der Waals surface area (Å²) in [4.78, 5) is 77.8. The number of aromatic nitrogens is 27. The second-order valence-electron chi connectivity index (χ2n) is 37.8. The summed E-state index contributed by atoms with van der Waals surface area (Å²) in [5, 5.41) is 54.8. The van der Waals surface area contributed by atoms with Crippen LogP contribution in [0.3, 0.4) is 0 Å². The van der Waals surface area contributed by atoms with Crippen LogP contribution in [0.1, 0.15) is 77.2 Å². The van der Waals surface area contributed by atoms with E-state index in [0.717, 1.165) is 204 Å². The average molecular weight is 2100 g/mol. The lowest BCUT2D eigenvalue weighted by molar-refractivity contribution is 0.101. The van der Waals surface area contributed by atoms with Crippen LogP contribution in [0.15, 0.2) is 252 Å². The Morgan fingerprint density at radius 2 is 0.567 bits per heavy atom.